The van der Waals surface area contributed by atoms with E-state index in [-0.39, 0.29) is 37.1 Å². The van der Waals surface area contributed by atoms with Gasteiger partial charge in [-0.05, 0) is 58.1 Å². The first-order chi connectivity index (χ1) is 20.9. The van der Waals surface area contributed by atoms with Crippen LogP contribution in [-0.2, 0) is 27.7 Å². The smallest absolute Gasteiger partial charge is 0.407 e. The van der Waals surface area contributed by atoms with Crippen molar-refractivity contribution in [2.75, 3.05) is 19.8 Å². The Morgan fingerprint density at radius 1 is 1.02 bits per heavy atom. The number of carbonyl (C=O) groups is 3. The average molecular weight is 601 g/mol. The number of benzene rings is 2. The molecule has 1 aromatic heterocycles. The van der Waals surface area contributed by atoms with Gasteiger partial charge in [-0.25, -0.2) is 4.79 Å². The van der Waals surface area contributed by atoms with Crippen LogP contribution in [0.4, 0.5) is 4.79 Å². The molecule has 1 aliphatic carbocycles. The van der Waals surface area contributed by atoms with Crippen LogP contribution in [0, 0.1) is 11.8 Å². The number of alkyl carbamates (subject to hydrolysis) is 1. The first-order valence-electron chi connectivity index (χ1n) is 15.4. The van der Waals surface area contributed by atoms with Gasteiger partial charge in [0.05, 0.1) is 5.92 Å². The highest BCUT2D eigenvalue weighted by Crippen LogP contribution is 2.35. The Morgan fingerprint density at radius 2 is 1.70 bits per heavy atom. The van der Waals surface area contributed by atoms with Crippen molar-refractivity contribution in [3.05, 3.63) is 83.8 Å². The summed E-state index contributed by atoms with van der Waals surface area (Å²) in [6.45, 7) is 10.1. The molecule has 2 aliphatic rings. The van der Waals surface area contributed by atoms with Crippen LogP contribution in [0.3, 0.4) is 0 Å². The Bertz CT molecular complexity index is 1540. The molecule has 1 N–H and O–H groups in total. The summed E-state index contributed by atoms with van der Waals surface area (Å²) in [7, 11) is 2.04. The lowest BCUT2D eigenvalue weighted by Gasteiger charge is -2.33. The summed E-state index contributed by atoms with van der Waals surface area (Å²) in [5.74, 6) is -1.13. The van der Waals surface area contributed by atoms with Crippen LogP contribution in [0.15, 0.2) is 67.0 Å². The van der Waals surface area contributed by atoms with Gasteiger partial charge in [0, 0.05) is 60.6 Å². The Labute approximate surface area is 259 Å². The number of Topliss-reactive ketones (excluding diaryl/α,β-unsaturated/α-hetero) is 1. The van der Waals surface area contributed by atoms with E-state index >= 15 is 0 Å². The summed E-state index contributed by atoms with van der Waals surface area (Å²) in [5.41, 5.74) is 3.41. The normalized spacial score (nSPS) is 19.5. The highest BCUT2D eigenvalue weighted by atomic mass is 16.6. The Kier molecular flexibility index (Phi) is 9.04. The first kappa shape index (κ1) is 31.2. The number of nitrogens with zero attached hydrogens (tertiary/aromatic N) is 3. The van der Waals surface area contributed by atoms with Crippen LogP contribution in [0.5, 0.6) is 0 Å². The number of ketones is 1. The SMILES string of the molecule is CC(c1ccccc1)C(CNC(=O)OC(C)(C)C)C(=O)OCN1C=CN(CC2CCc3c(c4ccccc4n3C)C2=O)C1C. The number of amides is 1. The fourth-order valence-corrected chi connectivity index (χ4v) is 6.27. The largest absolute Gasteiger partial charge is 0.444 e. The van der Waals surface area contributed by atoms with Crippen LogP contribution in [0.1, 0.15) is 68.6 Å². The number of hydrogen-bond acceptors (Lipinski definition) is 7. The van der Waals surface area contributed by atoms with Gasteiger partial charge in [0.1, 0.15) is 11.8 Å². The van der Waals surface area contributed by atoms with Crippen LogP contribution in [0.2, 0.25) is 0 Å². The molecule has 0 fully saturated rings. The summed E-state index contributed by atoms with van der Waals surface area (Å²) >= 11 is 0. The predicted octanol–water partition coefficient (Wildman–Crippen LogP) is 5.80. The van der Waals surface area contributed by atoms with Gasteiger partial charge in [-0.15, -0.1) is 0 Å². The van der Waals surface area contributed by atoms with Crippen molar-refractivity contribution in [2.24, 2.45) is 18.9 Å². The van der Waals surface area contributed by atoms with E-state index in [2.05, 4.69) is 20.9 Å². The minimum absolute atomic E-state index is 0.0591. The number of rotatable bonds is 9. The topological polar surface area (TPSA) is 93.1 Å². The number of aromatic nitrogens is 1. The number of nitrogens with one attached hydrogen (secondary N) is 1. The van der Waals surface area contributed by atoms with E-state index in [1.165, 1.54) is 0 Å². The zero-order valence-electron chi connectivity index (χ0n) is 26.6. The Balaban J connectivity index is 1.20. The molecule has 2 aromatic carbocycles. The third-order valence-electron chi connectivity index (χ3n) is 8.87. The second-order valence-electron chi connectivity index (χ2n) is 12.9. The van der Waals surface area contributed by atoms with E-state index < -0.39 is 23.6 Å². The van der Waals surface area contributed by atoms with Crippen molar-refractivity contribution < 1.29 is 23.9 Å². The Morgan fingerprint density at radius 3 is 2.43 bits per heavy atom. The van der Waals surface area contributed by atoms with Crippen LogP contribution in [-0.4, -0.2) is 63.8 Å². The lowest BCUT2D eigenvalue weighted by atomic mass is 9.84. The molecule has 0 saturated heterocycles. The molecule has 44 heavy (non-hydrogen) atoms. The summed E-state index contributed by atoms with van der Waals surface area (Å²) in [6, 6.07) is 17.8. The number of para-hydroxylation sites is 1. The molecule has 3 aromatic rings. The minimum atomic E-state index is -0.644. The van der Waals surface area contributed by atoms with Crippen LogP contribution >= 0.6 is 0 Å². The zero-order chi connectivity index (χ0) is 31.6. The van der Waals surface area contributed by atoms with E-state index in [1.807, 2.05) is 86.7 Å². The van der Waals surface area contributed by atoms with E-state index in [0.717, 1.165) is 40.6 Å². The molecule has 9 heteroatoms. The van der Waals surface area contributed by atoms with Gasteiger partial charge in [0.25, 0.3) is 0 Å². The Hall–Kier alpha value is -4.27. The summed E-state index contributed by atoms with van der Waals surface area (Å²) < 4.78 is 13.4. The standard InChI is InChI=1S/C35H44N4O5/c1-23(25-12-8-7-9-13-25)28(20-36-34(42)44-35(3,4)5)33(41)43-22-39-19-18-38(24(39)2)21-26-16-17-30-31(32(26)40)27-14-10-11-15-29(27)37(30)6/h7-15,18-19,23-24,26,28H,16-17,20-22H2,1-6H3,(H,36,42). The molecule has 0 radical (unpaired) electrons. The molecule has 1 amide bonds. The number of ether oxygens (including phenoxy) is 2. The lowest BCUT2D eigenvalue weighted by Crippen LogP contribution is -2.43. The van der Waals surface area contributed by atoms with Crippen molar-refractivity contribution in [1.82, 2.24) is 19.7 Å². The maximum Gasteiger partial charge on any atom is 0.407 e. The maximum absolute atomic E-state index is 13.7. The average Bonchev–Trinajstić information content (AvgIpc) is 3.49. The molecule has 234 valence electrons. The quantitative estimate of drug-likeness (QED) is 0.310. The van der Waals surface area contributed by atoms with Crippen molar-refractivity contribution in [1.29, 1.82) is 0 Å². The molecule has 9 nitrogen and oxygen atoms in total. The number of carbonyl (C=O) groups excluding carboxylic acids is 3. The molecule has 5 rings (SSSR count). The molecule has 1 aliphatic heterocycles. The first-order valence-corrected chi connectivity index (χ1v) is 15.4. The maximum atomic E-state index is 13.7. The van der Waals surface area contributed by atoms with E-state index in [9.17, 15) is 14.4 Å². The number of hydrogen-bond donors (Lipinski definition) is 1. The fraction of sp³-hybridized carbons (Fsp3) is 0.457. The van der Waals surface area contributed by atoms with E-state index in [1.54, 1.807) is 20.8 Å². The van der Waals surface area contributed by atoms with Gasteiger partial charge in [0.15, 0.2) is 12.5 Å². The summed E-state index contributed by atoms with van der Waals surface area (Å²) in [6.07, 6.45) is 4.88. The third-order valence-corrected chi connectivity index (χ3v) is 8.87. The highest BCUT2D eigenvalue weighted by molar-refractivity contribution is 6.11. The number of aryl methyl sites for hydroxylation is 1. The monoisotopic (exact) mass is 600 g/mol. The van der Waals surface area contributed by atoms with Crippen LogP contribution in [0.25, 0.3) is 10.9 Å². The van der Waals surface area contributed by atoms with E-state index in [0.29, 0.717) is 6.54 Å². The minimum Gasteiger partial charge on any atom is -0.444 e. The molecule has 0 saturated carbocycles. The second kappa shape index (κ2) is 12.8. The van der Waals surface area contributed by atoms with Gasteiger partial charge >= 0.3 is 12.1 Å². The number of fused-ring (bicyclic) bond motifs is 3. The number of esters is 1. The van der Waals surface area contributed by atoms with Crippen molar-refractivity contribution >= 4 is 28.7 Å². The molecule has 0 bridgehead atoms. The van der Waals surface area contributed by atoms with Crippen LogP contribution < -0.4 is 5.32 Å². The van der Waals surface area contributed by atoms with E-state index in [4.69, 9.17) is 9.47 Å². The molecule has 4 atom stereocenters. The summed E-state index contributed by atoms with van der Waals surface area (Å²) in [4.78, 5) is 43.6. The van der Waals surface area contributed by atoms with Crippen molar-refractivity contribution in [3.63, 3.8) is 0 Å². The van der Waals surface area contributed by atoms with Gasteiger partial charge in [-0.1, -0.05) is 55.5 Å². The lowest BCUT2D eigenvalue weighted by molar-refractivity contribution is -0.154. The van der Waals surface area contributed by atoms with Gasteiger partial charge in [0.2, 0.25) is 0 Å². The van der Waals surface area contributed by atoms with Gasteiger partial charge in [-0.3, -0.25) is 9.59 Å². The second-order valence-corrected chi connectivity index (χ2v) is 12.9. The van der Waals surface area contributed by atoms with Gasteiger partial charge in [-0.2, -0.15) is 0 Å². The van der Waals surface area contributed by atoms with Crippen molar-refractivity contribution in [2.45, 2.75) is 65.1 Å². The fourth-order valence-electron chi connectivity index (χ4n) is 6.27. The van der Waals surface area contributed by atoms with Crippen molar-refractivity contribution in [3.8, 4) is 0 Å². The summed E-state index contributed by atoms with van der Waals surface area (Å²) in [5, 5.41) is 3.78. The highest BCUT2D eigenvalue weighted by Gasteiger charge is 2.35. The molecular weight excluding hydrogens is 556 g/mol. The molecular formula is C35H44N4O5. The third kappa shape index (κ3) is 6.61. The predicted molar refractivity (Wildman–Crippen MR) is 170 cm³/mol. The molecule has 0 spiro atoms. The zero-order valence-corrected chi connectivity index (χ0v) is 26.6. The molecule has 4 unspecified atom stereocenters. The molecule has 2 heterocycles. The van der Waals surface area contributed by atoms with Gasteiger partial charge < -0.3 is 29.2 Å².